The second kappa shape index (κ2) is 6.25. The van der Waals surface area contributed by atoms with Crippen LogP contribution in [0.25, 0.3) is 11.1 Å². The largest absolute Gasteiger partial charge is 0.486 e. The van der Waals surface area contributed by atoms with Crippen LogP contribution in [-0.2, 0) is 0 Å². The zero-order chi connectivity index (χ0) is 16.6. The summed E-state index contributed by atoms with van der Waals surface area (Å²) in [4.78, 5) is 0. The van der Waals surface area contributed by atoms with Gasteiger partial charge in [0.2, 0.25) is 0 Å². The van der Waals surface area contributed by atoms with E-state index in [1.54, 1.807) is 0 Å². The number of rotatable bonds is 2. The van der Waals surface area contributed by atoms with Gasteiger partial charge >= 0.3 is 0 Å². The van der Waals surface area contributed by atoms with Gasteiger partial charge in [0.25, 0.3) is 0 Å². The summed E-state index contributed by atoms with van der Waals surface area (Å²) in [6.45, 7) is 0.492. The number of halogens is 3. The maximum atomic E-state index is 13.9. The van der Waals surface area contributed by atoms with Gasteiger partial charge in [0.1, 0.15) is 18.5 Å². The summed E-state index contributed by atoms with van der Waals surface area (Å²) in [5.41, 5.74) is 6.66. The molecular formula is C16H11Cl2FN2O2. The first-order chi connectivity index (χ1) is 11.0. The fraction of sp³-hybridized carbons (Fsp3) is 0.188. The van der Waals surface area contributed by atoms with E-state index in [0.29, 0.717) is 22.4 Å². The first kappa shape index (κ1) is 15.9. The van der Waals surface area contributed by atoms with Crippen LogP contribution in [0.2, 0.25) is 10.0 Å². The van der Waals surface area contributed by atoms with Gasteiger partial charge < -0.3 is 15.2 Å². The predicted molar refractivity (Wildman–Crippen MR) is 85.5 cm³/mol. The molecule has 1 heterocycles. The molecule has 0 unspecified atom stereocenters. The Morgan fingerprint density at radius 1 is 1.26 bits per heavy atom. The molecule has 2 aromatic carbocycles. The fourth-order valence-electron chi connectivity index (χ4n) is 2.38. The van der Waals surface area contributed by atoms with Gasteiger partial charge in [-0.2, -0.15) is 5.26 Å². The Labute approximate surface area is 142 Å². The first-order valence-electron chi connectivity index (χ1n) is 6.76. The Kier molecular flexibility index (Phi) is 4.31. The van der Waals surface area contributed by atoms with Gasteiger partial charge in [-0.15, -0.1) is 0 Å². The molecule has 1 aliphatic heterocycles. The zero-order valence-electron chi connectivity index (χ0n) is 11.8. The summed E-state index contributed by atoms with van der Waals surface area (Å²) in [6, 6.07) is 7.38. The highest BCUT2D eigenvalue weighted by Crippen LogP contribution is 2.46. The molecule has 0 saturated carbocycles. The van der Waals surface area contributed by atoms with Crippen molar-refractivity contribution in [2.75, 3.05) is 13.2 Å². The highest BCUT2D eigenvalue weighted by atomic mass is 35.5. The van der Waals surface area contributed by atoms with E-state index in [4.69, 9.17) is 43.7 Å². The Hall–Kier alpha value is -2.00. The van der Waals surface area contributed by atoms with Gasteiger partial charge in [0.05, 0.1) is 21.7 Å². The van der Waals surface area contributed by atoms with Gasteiger partial charge in [-0.1, -0.05) is 23.2 Å². The number of nitrogens with two attached hydrogens (primary N) is 1. The SMILES string of the molecule is N#Cc1cc(Cl)c(-c2cc(F)cc3c2O[C@@H](CN)CO3)c(Cl)c1. The van der Waals surface area contributed by atoms with E-state index in [1.165, 1.54) is 24.3 Å². The summed E-state index contributed by atoms with van der Waals surface area (Å²) in [7, 11) is 0. The van der Waals surface area contributed by atoms with Gasteiger partial charge in [0, 0.05) is 23.7 Å². The molecule has 0 saturated heterocycles. The average molecular weight is 353 g/mol. The Morgan fingerprint density at radius 2 is 1.96 bits per heavy atom. The summed E-state index contributed by atoms with van der Waals surface area (Å²) in [5, 5.41) is 9.41. The topological polar surface area (TPSA) is 68.3 Å². The number of fused-ring (bicyclic) bond motifs is 1. The summed E-state index contributed by atoms with van der Waals surface area (Å²) >= 11 is 12.5. The van der Waals surface area contributed by atoms with Crippen molar-refractivity contribution in [1.29, 1.82) is 5.26 Å². The normalized spacial score (nSPS) is 16.0. The quantitative estimate of drug-likeness (QED) is 0.893. The van der Waals surface area contributed by atoms with E-state index in [-0.39, 0.29) is 35.1 Å². The first-order valence-corrected chi connectivity index (χ1v) is 7.51. The second-order valence-corrected chi connectivity index (χ2v) is 5.81. The van der Waals surface area contributed by atoms with Crippen molar-refractivity contribution in [3.05, 3.63) is 45.7 Å². The minimum Gasteiger partial charge on any atom is -0.486 e. The molecule has 0 spiro atoms. The molecule has 4 nitrogen and oxygen atoms in total. The lowest BCUT2D eigenvalue weighted by Gasteiger charge is -2.28. The molecule has 0 fully saturated rings. The van der Waals surface area contributed by atoms with Gasteiger partial charge in [-0.05, 0) is 18.2 Å². The standard InChI is InChI=1S/C16H11Cl2FN2O2/c17-12-1-8(5-20)2-13(18)15(12)11-3-9(19)4-14-16(11)23-10(6-21)7-22-14/h1-4,10H,6-7,21H2/t10-/m0/s1. The maximum Gasteiger partial charge on any atom is 0.169 e. The monoisotopic (exact) mass is 352 g/mol. The number of hydrogen-bond donors (Lipinski definition) is 1. The van der Waals surface area contributed by atoms with E-state index in [9.17, 15) is 4.39 Å². The van der Waals surface area contributed by atoms with Crippen LogP contribution < -0.4 is 15.2 Å². The smallest absolute Gasteiger partial charge is 0.169 e. The minimum atomic E-state index is -0.509. The second-order valence-electron chi connectivity index (χ2n) is 4.99. The van der Waals surface area contributed by atoms with E-state index in [0.717, 1.165) is 0 Å². The molecule has 2 N–H and O–H groups in total. The summed E-state index contributed by atoms with van der Waals surface area (Å²) in [5.74, 6) is 0.0906. The maximum absolute atomic E-state index is 13.9. The van der Waals surface area contributed by atoms with Crippen LogP contribution in [-0.4, -0.2) is 19.3 Å². The highest BCUT2D eigenvalue weighted by molar-refractivity contribution is 6.39. The van der Waals surface area contributed by atoms with Crippen LogP contribution >= 0.6 is 23.2 Å². The highest BCUT2D eigenvalue weighted by Gasteiger charge is 2.26. The van der Waals surface area contributed by atoms with Crippen LogP contribution in [0, 0.1) is 17.1 Å². The van der Waals surface area contributed by atoms with E-state index in [2.05, 4.69) is 0 Å². The molecule has 0 amide bonds. The number of nitrogens with zero attached hydrogens (tertiary/aromatic N) is 1. The van der Waals surface area contributed by atoms with Crippen molar-refractivity contribution in [3.63, 3.8) is 0 Å². The lowest BCUT2D eigenvalue weighted by atomic mass is 10.0. The van der Waals surface area contributed by atoms with Crippen LogP contribution in [0.3, 0.4) is 0 Å². The van der Waals surface area contributed by atoms with Crippen molar-refractivity contribution in [3.8, 4) is 28.7 Å². The van der Waals surface area contributed by atoms with Crippen LogP contribution in [0.1, 0.15) is 5.56 Å². The third-order valence-corrected chi connectivity index (χ3v) is 4.03. The van der Waals surface area contributed by atoms with Crippen molar-refractivity contribution in [1.82, 2.24) is 0 Å². The van der Waals surface area contributed by atoms with Gasteiger partial charge in [-0.25, -0.2) is 4.39 Å². The van der Waals surface area contributed by atoms with Gasteiger partial charge in [-0.3, -0.25) is 0 Å². The van der Waals surface area contributed by atoms with Crippen molar-refractivity contribution < 1.29 is 13.9 Å². The lowest BCUT2D eigenvalue weighted by molar-refractivity contribution is 0.0971. The molecule has 1 aliphatic rings. The molecule has 0 aromatic heterocycles. The van der Waals surface area contributed by atoms with Crippen molar-refractivity contribution >= 4 is 23.2 Å². The van der Waals surface area contributed by atoms with Crippen molar-refractivity contribution in [2.45, 2.75) is 6.10 Å². The summed E-state index contributed by atoms with van der Waals surface area (Å²) in [6.07, 6.45) is -0.345. The minimum absolute atomic E-state index is 0.223. The van der Waals surface area contributed by atoms with E-state index >= 15 is 0 Å². The molecule has 7 heteroatoms. The molecule has 1 atom stereocenters. The van der Waals surface area contributed by atoms with Crippen LogP contribution in [0.4, 0.5) is 4.39 Å². The third kappa shape index (κ3) is 2.93. The van der Waals surface area contributed by atoms with Crippen LogP contribution in [0.5, 0.6) is 11.5 Å². The predicted octanol–water partition coefficient (Wildman–Crippen LogP) is 3.77. The molecule has 0 bridgehead atoms. The molecular weight excluding hydrogens is 342 g/mol. The summed E-state index contributed by atoms with van der Waals surface area (Å²) < 4.78 is 25.2. The number of nitriles is 1. The third-order valence-electron chi connectivity index (χ3n) is 3.43. The van der Waals surface area contributed by atoms with Crippen molar-refractivity contribution in [2.24, 2.45) is 5.73 Å². The number of benzene rings is 2. The van der Waals surface area contributed by atoms with Crippen LogP contribution in [0.15, 0.2) is 24.3 Å². The number of hydrogen-bond acceptors (Lipinski definition) is 4. The van der Waals surface area contributed by atoms with E-state index in [1.807, 2.05) is 6.07 Å². The average Bonchev–Trinajstić information content (AvgIpc) is 2.53. The van der Waals surface area contributed by atoms with Gasteiger partial charge in [0.15, 0.2) is 11.5 Å². The molecule has 23 heavy (non-hydrogen) atoms. The lowest BCUT2D eigenvalue weighted by Crippen LogP contribution is -2.36. The Morgan fingerprint density at radius 3 is 2.57 bits per heavy atom. The molecule has 0 aliphatic carbocycles. The zero-order valence-corrected chi connectivity index (χ0v) is 13.3. The molecule has 2 aromatic rings. The molecule has 3 rings (SSSR count). The Balaban J connectivity index is 2.22. The molecule has 0 radical (unpaired) electrons. The fourth-order valence-corrected chi connectivity index (χ4v) is 3.07. The Bertz CT molecular complexity index is 797. The molecule has 118 valence electrons. The van der Waals surface area contributed by atoms with E-state index < -0.39 is 5.82 Å². The number of ether oxygens (including phenoxy) is 2.